The van der Waals surface area contributed by atoms with Gasteiger partial charge in [-0.15, -0.1) is 0 Å². The normalized spacial score (nSPS) is 11.9. The fourth-order valence-corrected chi connectivity index (χ4v) is 7.68. The smallest absolute Gasteiger partial charge is 0.154 e. The predicted octanol–water partition coefficient (Wildman–Crippen LogP) is 10.7. The Hall–Kier alpha value is -7.12. The molecule has 0 unspecified atom stereocenters. The summed E-state index contributed by atoms with van der Waals surface area (Å²) in [5.41, 5.74) is 13.7. The van der Waals surface area contributed by atoms with Gasteiger partial charge in [-0.25, -0.2) is 4.98 Å². The minimum atomic E-state index is 0.741. The number of pyridine rings is 4. The zero-order chi connectivity index (χ0) is 33.5. The van der Waals surface area contributed by atoms with Crippen LogP contribution in [0.3, 0.4) is 0 Å². The Morgan fingerprint density at radius 2 is 1.14 bits per heavy atom. The molecule has 0 spiro atoms. The summed E-state index contributed by atoms with van der Waals surface area (Å²) in [5, 5.41) is 3.12. The van der Waals surface area contributed by atoms with Crippen LogP contribution in [-0.2, 0) is 0 Å². The molecule has 0 radical (unpaired) electrons. The summed E-state index contributed by atoms with van der Waals surface area (Å²) in [6.45, 7) is 0. The first-order chi connectivity index (χ1) is 25.3. The maximum Gasteiger partial charge on any atom is 0.154 e. The maximum atomic E-state index is 6.35. The van der Waals surface area contributed by atoms with Crippen molar-refractivity contribution in [1.29, 1.82) is 0 Å². The number of para-hydroxylation sites is 1. The largest absolute Gasteiger partial charge is 0.454 e. The molecule has 7 nitrogen and oxygen atoms in total. The van der Waals surface area contributed by atoms with Crippen LogP contribution < -0.4 is 0 Å². The van der Waals surface area contributed by atoms with Crippen LogP contribution in [0.4, 0.5) is 0 Å². The average Bonchev–Trinajstić information content (AvgIpc) is 3.85. The first-order valence-electron chi connectivity index (χ1n) is 16.9. The molecule has 0 saturated carbocycles. The van der Waals surface area contributed by atoms with Crippen LogP contribution in [0.1, 0.15) is 0 Å². The van der Waals surface area contributed by atoms with E-state index in [-0.39, 0.29) is 0 Å². The van der Waals surface area contributed by atoms with Crippen LogP contribution in [0.2, 0.25) is 0 Å². The van der Waals surface area contributed by atoms with Crippen LogP contribution in [0.5, 0.6) is 0 Å². The van der Waals surface area contributed by atoms with Gasteiger partial charge in [-0.05, 0) is 96.1 Å². The summed E-state index contributed by atoms with van der Waals surface area (Å²) in [6, 6.07) is 48.0. The molecule has 4 aromatic carbocycles. The molecule has 0 aliphatic rings. The van der Waals surface area contributed by atoms with E-state index in [4.69, 9.17) is 19.4 Å². The van der Waals surface area contributed by atoms with Crippen molar-refractivity contribution in [2.75, 3.05) is 0 Å². The van der Waals surface area contributed by atoms with Gasteiger partial charge in [0.2, 0.25) is 0 Å². The number of rotatable bonds is 4. The Balaban J connectivity index is 1.10. The van der Waals surface area contributed by atoms with E-state index >= 15 is 0 Å². The van der Waals surface area contributed by atoms with Gasteiger partial charge in [0, 0.05) is 46.0 Å². The Bertz CT molecular complexity index is 3100. The lowest BCUT2D eigenvalue weighted by molar-refractivity contribution is 0.668. The quantitative estimate of drug-likeness (QED) is 0.189. The monoisotopic (exact) mass is 654 g/mol. The van der Waals surface area contributed by atoms with Crippen LogP contribution >= 0.6 is 0 Å². The van der Waals surface area contributed by atoms with Crippen molar-refractivity contribution in [3.63, 3.8) is 0 Å². The molecule has 11 aromatic rings. The zero-order valence-corrected chi connectivity index (χ0v) is 27.1. The summed E-state index contributed by atoms with van der Waals surface area (Å²) >= 11 is 0. The van der Waals surface area contributed by atoms with Crippen molar-refractivity contribution in [2.45, 2.75) is 0 Å². The lowest BCUT2D eigenvalue weighted by Gasteiger charge is -2.11. The molecule has 0 atom stereocenters. The summed E-state index contributed by atoms with van der Waals surface area (Å²) in [5.74, 6) is 0.814. The van der Waals surface area contributed by atoms with E-state index in [0.29, 0.717) is 0 Å². The number of aromatic nitrogens is 6. The molecule has 51 heavy (non-hydrogen) atoms. The molecule has 0 aliphatic heterocycles. The lowest BCUT2D eigenvalue weighted by Crippen LogP contribution is -1.97. The molecule has 0 fully saturated rings. The molecule has 0 amide bonds. The Kier molecular flexibility index (Phi) is 5.83. The minimum absolute atomic E-state index is 0.741. The van der Waals surface area contributed by atoms with Crippen molar-refractivity contribution in [3.8, 4) is 33.9 Å². The van der Waals surface area contributed by atoms with E-state index in [9.17, 15) is 0 Å². The van der Waals surface area contributed by atoms with Gasteiger partial charge in [-0.1, -0.05) is 54.6 Å². The molecular weight excluding hydrogens is 629 g/mol. The highest BCUT2D eigenvalue weighted by molar-refractivity contribution is 6.10. The second kappa shape index (κ2) is 10.7. The SMILES string of the molecule is c1ccc(-c2ccccc2-c2ccc3c(c2)c2ncccc2n3-c2ccc3oc4ccc(-n5c6ccccc6c6ncccc65)nc4c3c2)nc1. The molecule has 11 rings (SSSR count). The molecule has 0 N–H and O–H groups in total. The van der Waals surface area contributed by atoms with Crippen molar-refractivity contribution in [2.24, 2.45) is 0 Å². The third-order valence-electron chi connectivity index (χ3n) is 9.90. The van der Waals surface area contributed by atoms with Gasteiger partial charge >= 0.3 is 0 Å². The molecular formula is C44H26N6O. The lowest BCUT2D eigenvalue weighted by atomic mass is 9.96. The molecule has 0 aliphatic carbocycles. The van der Waals surface area contributed by atoms with Gasteiger partial charge in [0.05, 0.1) is 38.8 Å². The van der Waals surface area contributed by atoms with E-state index in [1.807, 2.05) is 61.1 Å². The number of hydrogen-bond acceptors (Lipinski definition) is 5. The fourth-order valence-electron chi connectivity index (χ4n) is 7.68. The van der Waals surface area contributed by atoms with Crippen molar-refractivity contribution in [3.05, 3.63) is 158 Å². The van der Waals surface area contributed by atoms with Gasteiger partial charge in [0.1, 0.15) is 16.9 Å². The molecule has 0 saturated heterocycles. The van der Waals surface area contributed by atoms with Crippen molar-refractivity contribution < 1.29 is 4.42 Å². The summed E-state index contributed by atoms with van der Waals surface area (Å²) in [4.78, 5) is 19.5. The highest BCUT2D eigenvalue weighted by Crippen LogP contribution is 2.39. The van der Waals surface area contributed by atoms with Gasteiger partial charge in [0.15, 0.2) is 5.58 Å². The first-order valence-corrected chi connectivity index (χ1v) is 16.9. The van der Waals surface area contributed by atoms with Gasteiger partial charge < -0.3 is 8.98 Å². The van der Waals surface area contributed by atoms with Crippen LogP contribution in [0.25, 0.3) is 99.8 Å². The van der Waals surface area contributed by atoms with E-state index in [0.717, 1.165) is 99.8 Å². The second-order valence-electron chi connectivity index (χ2n) is 12.7. The van der Waals surface area contributed by atoms with Gasteiger partial charge in [-0.2, -0.15) is 0 Å². The number of furan rings is 1. The van der Waals surface area contributed by atoms with Crippen LogP contribution in [-0.4, -0.2) is 29.1 Å². The Labute approximate surface area is 290 Å². The summed E-state index contributed by atoms with van der Waals surface area (Å²) in [7, 11) is 0. The highest BCUT2D eigenvalue weighted by Gasteiger charge is 2.19. The van der Waals surface area contributed by atoms with Crippen LogP contribution in [0.15, 0.2) is 163 Å². The van der Waals surface area contributed by atoms with Gasteiger partial charge in [0.25, 0.3) is 0 Å². The molecule has 7 heterocycles. The van der Waals surface area contributed by atoms with E-state index in [1.54, 1.807) is 0 Å². The predicted molar refractivity (Wildman–Crippen MR) is 204 cm³/mol. The molecule has 7 aromatic heterocycles. The van der Waals surface area contributed by atoms with E-state index in [2.05, 4.69) is 111 Å². The molecule has 7 heteroatoms. The maximum absolute atomic E-state index is 6.35. The first kappa shape index (κ1) is 27.8. The summed E-state index contributed by atoms with van der Waals surface area (Å²) < 4.78 is 10.8. The average molecular weight is 655 g/mol. The molecule has 0 bridgehead atoms. The number of nitrogens with zero attached hydrogens (tertiary/aromatic N) is 6. The third-order valence-corrected chi connectivity index (χ3v) is 9.90. The topological polar surface area (TPSA) is 74.6 Å². The van der Waals surface area contributed by atoms with Crippen LogP contribution in [0, 0.1) is 0 Å². The molecule has 238 valence electrons. The third kappa shape index (κ3) is 4.12. The van der Waals surface area contributed by atoms with Gasteiger partial charge in [-0.3, -0.25) is 19.5 Å². The van der Waals surface area contributed by atoms with E-state index < -0.39 is 0 Å². The fraction of sp³-hybridized carbons (Fsp3) is 0. The Morgan fingerprint density at radius 1 is 0.431 bits per heavy atom. The zero-order valence-electron chi connectivity index (χ0n) is 27.1. The Morgan fingerprint density at radius 3 is 2.00 bits per heavy atom. The van der Waals surface area contributed by atoms with E-state index in [1.165, 1.54) is 0 Å². The highest BCUT2D eigenvalue weighted by atomic mass is 16.3. The standard InChI is InChI=1S/C44H26N6O/c1-2-10-30(34-12-5-6-22-45-34)29(9-1)27-16-18-36-32(25-27)43-37(14-7-24-47-43)49(36)28-17-19-39-33(26-28)44-40(51-39)20-21-41(48-44)50-35-13-4-3-11-31(35)42-38(50)15-8-23-46-42/h1-26H. The summed E-state index contributed by atoms with van der Waals surface area (Å²) in [6.07, 6.45) is 5.54. The van der Waals surface area contributed by atoms with Crippen molar-refractivity contribution >= 4 is 65.9 Å². The number of hydrogen-bond donors (Lipinski definition) is 0. The van der Waals surface area contributed by atoms with Crippen molar-refractivity contribution in [1.82, 2.24) is 29.1 Å². The minimum Gasteiger partial charge on any atom is -0.454 e. The number of benzene rings is 4. The number of fused-ring (bicyclic) bond motifs is 9. The second-order valence-corrected chi connectivity index (χ2v) is 12.7.